The summed E-state index contributed by atoms with van der Waals surface area (Å²) in [5.74, 6) is -0.160. The molecular formula is C45H40N4OS. The number of aromatic nitrogens is 2. The van der Waals surface area contributed by atoms with Crippen molar-refractivity contribution in [3.63, 3.8) is 0 Å². The average Bonchev–Trinajstić information content (AvgIpc) is 3.89. The summed E-state index contributed by atoms with van der Waals surface area (Å²) < 4.78 is 125. The molecule has 0 saturated heterocycles. The Kier molecular flexibility index (Phi) is 4.68. The summed E-state index contributed by atoms with van der Waals surface area (Å²) in [6, 6.07) is 6.12. The van der Waals surface area contributed by atoms with Crippen molar-refractivity contribution in [2.75, 3.05) is 16.5 Å². The molecule has 51 heavy (non-hydrogen) atoms. The molecule has 0 fully saturated rings. The minimum Gasteiger partial charge on any atom is -0.457 e. The van der Waals surface area contributed by atoms with E-state index in [9.17, 15) is 5.48 Å². The number of rotatable bonds is 5. The maximum Gasteiger partial charge on any atom is 0.137 e. The second-order valence-electron chi connectivity index (χ2n) is 13.8. The number of benzene rings is 5. The van der Waals surface area contributed by atoms with Crippen LogP contribution in [-0.4, -0.2) is 16.2 Å². The van der Waals surface area contributed by atoms with Crippen LogP contribution in [0.2, 0.25) is 0 Å². The monoisotopic (exact) mass is 697 g/mol. The molecule has 5 nitrogen and oxygen atoms in total. The van der Waals surface area contributed by atoms with Gasteiger partial charge in [-0.25, -0.2) is 4.98 Å². The van der Waals surface area contributed by atoms with Gasteiger partial charge in [-0.2, -0.15) is 0 Å². The van der Waals surface area contributed by atoms with E-state index in [2.05, 4.69) is 0 Å². The Bertz CT molecular complexity index is 3400. The van der Waals surface area contributed by atoms with Crippen LogP contribution in [0.5, 0.6) is 11.5 Å². The lowest BCUT2D eigenvalue weighted by molar-refractivity contribution is 0.483. The van der Waals surface area contributed by atoms with Crippen LogP contribution in [0.15, 0.2) is 121 Å². The number of thiophene rings is 1. The minimum atomic E-state index is -0.526. The van der Waals surface area contributed by atoms with Crippen LogP contribution < -0.4 is 14.5 Å². The Morgan fingerprint density at radius 3 is 2.33 bits per heavy atom. The Labute approximate surface area is 320 Å². The Morgan fingerprint density at radius 2 is 1.51 bits per heavy atom. The lowest BCUT2D eigenvalue weighted by Gasteiger charge is -2.25. The molecule has 1 aliphatic heterocycles. The van der Waals surface area contributed by atoms with Crippen molar-refractivity contribution >= 4 is 64.7 Å². The van der Waals surface area contributed by atoms with Gasteiger partial charge < -0.3 is 14.5 Å². The fourth-order valence-corrected chi connectivity index (χ4v) is 7.88. The predicted molar refractivity (Wildman–Crippen MR) is 216 cm³/mol. The summed E-state index contributed by atoms with van der Waals surface area (Å²) in [5.41, 5.74) is 4.57. The van der Waals surface area contributed by atoms with Crippen LogP contribution in [-0.2, 0) is 5.41 Å². The van der Waals surface area contributed by atoms with Gasteiger partial charge in [-0.15, -0.1) is 11.3 Å². The first-order chi connectivity index (χ1) is 30.0. The second-order valence-corrected chi connectivity index (χ2v) is 14.9. The number of hydrogen-bond acceptors (Lipinski definition) is 5. The standard InChI is InChI=1S/C45H40N4OS/c1-28-22-29(2)43(30(3)23-28)48-21-20-47(27-48)32-10-9-11-33(25-32)50-34-14-15-35-36-16-17-40-42(37-12-7-8-13-39(37)51-40)44(36)49(38(35)26-34)41-24-31(18-19-46-41)45(4,5)6/h7-26H,27H2,1-6H3/i7D,8D,9D,10D,11D,12D,13D,14D,15D,16D,17D,20D,21D. The first kappa shape index (κ1) is 20.3. The predicted octanol–water partition coefficient (Wildman–Crippen LogP) is 12.3. The van der Waals surface area contributed by atoms with Gasteiger partial charge in [0.25, 0.3) is 0 Å². The first-order valence-electron chi connectivity index (χ1n) is 23.0. The highest BCUT2D eigenvalue weighted by atomic mass is 32.1. The molecule has 4 heterocycles. The maximum atomic E-state index is 9.50. The third kappa shape index (κ3) is 5.33. The highest BCUT2D eigenvalue weighted by Gasteiger charge is 2.22. The Hall–Kier alpha value is -5.59. The van der Waals surface area contributed by atoms with Gasteiger partial charge in [0.1, 0.15) is 17.3 Å². The first-order valence-corrected chi connectivity index (χ1v) is 17.3. The molecule has 0 atom stereocenters. The summed E-state index contributed by atoms with van der Waals surface area (Å²) in [6.07, 6.45) is 1.25. The summed E-state index contributed by atoms with van der Waals surface area (Å²) in [7, 11) is 0. The molecule has 0 radical (unpaired) electrons. The van der Waals surface area contributed by atoms with Gasteiger partial charge in [0.15, 0.2) is 0 Å². The van der Waals surface area contributed by atoms with Crippen molar-refractivity contribution in [1.29, 1.82) is 0 Å². The molecule has 252 valence electrons. The van der Waals surface area contributed by atoms with Gasteiger partial charge >= 0.3 is 0 Å². The highest BCUT2D eigenvalue weighted by molar-refractivity contribution is 7.26. The van der Waals surface area contributed by atoms with Gasteiger partial charge in [0, 0.05) is 73.0 Å². The van der Waals surface area contributed by atoms with Gasteiger partial charge in [-0.1, -0.05) is 68.7 Å². The van der Waals surface area contributed by atoms with E-state index in [1.54, 1.807) is 15.7 Å². The fourth-order valence-electron chi connectivity index (χ4n) is 6.92. The number of nitrogens with zero attached hydrogens (tertiary/aromatic N) is 4. The Morgan fingerprint density at radius 1 is 0.745 bits per heavy atom. The Balaban J connectivity index is 1.31. The summed E-state index contributed by atoms with van der Waals surface area (Å²) >= 11 is 0.981. The molecule has 5 aromatic carbocycles. The lowest BCUT2D eigenvalue weighted by Crippen LogP contribution is -2.25. The smallest absolute Gasteiger partial charge is 0.137 e. The average molecular weight is 698 g/mol. The molecule has 9 rings (SSSR count). The molecule has 0 unspecified atom stereocenters. The molecule has 1 aliphatic rings. The van der Waals surface area contributed by atoms with E-state index in [0.717, 1.165) is 39.3 Å². The largest absolute Gasteiger partial charge is 0.457 e. The molecule has 6 heteroatoms. The van der Waals surface area contributed by atoms with E-state index >= 15 is 0 Å². The summed E-state index contributed by atoms with van der Waals surface area (Å²) in [5, 5.41) is 0.603. The summed E-state index contributed by atoms with van der Waals surface area (Å²) in [4.78, 5) is 7.78. The quantitative estimate of drug-likeness (QED) is 0.179. The second kappa shape index (κ2) is 11.7. The molecular weight excluding hydrogens is 645 g/mol. The maximum absolute atomic E-state index is 9.50. The van der Waals surface area contributed by atoms with Crippen LogP contribution in [0.3, 0.4) is 0 Å². The van der Waals surface area contributed by atoms with E-state index in [1.807, 2.05) is 65.8 Å². The van der Waals surface area contributed by atoms with E-state index in [-0.39, 0.29) is 114 Å². The van der Waals surface area contributed by atoms with Crippen molar-refractivity contribution in [2.45, 2.75) is 47.0 Å². The number of pyridine rings is 1. The molecule has 0 spiro atoms. The summed E-state index contributed by atoms with van der Waals surface area (Å²) in [6.45, 7) is 11.9. The van der Waals surface area contributed by atoms with Crippen LogP contribution in [0.25, 0.3) is 47.8 Å². The SMILES string of the molecule is [2H]C1=C([2H])N(c2c(C)cc(C)cc2C)CN1c1cc(Oc2cc3c(c([2H])c2[2H])c2c([2H])c([2H])c4sc5c([2H])c([2H])c([2H])c([2H])c5c4c2n3-c2cc(C(C)(C)C)ccn2)c([2H])c([2H])c1[2H]. The van der Waals surface area contributed by atoms with E-state index in [0.29, 0.717) is 5.82 Å². The van der Waals surface area contributed by atoms with Crippen LogP contribution in [0.1, 0.15) is 60.8 Å². The highest BCUT2D eigenvalue weighted by Crippen LogP contribution is 2.44. The van der Waals surface area contributed by atoms with E-state index in [4.69, 9.17) is 22.1 Å². The third-order valence-electron chi connectivity index (χ3n) is 9.16. The van der Waals surface area contributed by atoms with E-state index in [1.165, 1.54) is 17.0 Å². The molecule has 0 N–H and O–H groups in total. The number of anilines is 2. The van der Waals surface area contributed by atoms with Crippen LogP contribution in [0, 0.1) is 20.8 Å². The van der Waals surface area contributed by atoms with E-state index < -0.39 is 36.3 Å². The van der Waals surface area contributed by atoms with Crippen LogP contribution in [0.4, 0.5) is 11.4 Å². The zero-order valence-electron chi connectivity index (χ0n) is 41.9. The van der Waals surface area contributed by atoms with Gasteiger partial charge in [-0.05, 0) is 91.3 Å². The minimum absolute atomic E-state index is 0.0183. The topological polar surface area (TPSA) is 33.5 Å². The molecule has 3 aromatic heterocycles. The number of hydrogen-bond donors (Lipinski definition) is 0. The number of ether oxygens (including phenoxy) is 1. The normalized spacial score (nSPS) is 17.4. The lowest BCUT2D eigenvalue weighted by atomic mass is 9.88. The number of aryl methyl sites for hydroxylation is 3. The molecule has 8 aromatic rings. The molecule has 0 aliphatic carbocycles. The fraction of sp³-hybridized carbons (Fsp3) is 0.178. The van der Waals surface area contributed by atoms with Crippen molar-refractivity contribution in [1.82, 2.24) is 9.55 Å². The zero-order chi connectivity index (χ0) is 46.3. The molecule has 0 saturated carbocycles. The third-order valence-corrected chi connectivity index (χ3v) is 10.2. The van der Waals surface area contributed by atoms with Crippen molar-refractivity contribution in [3.05, 3.63) is 144 Å². The van der Waals surface area contributed by atoms with Crippen molar-refractivity contribution < 1.29 is 22.6 Å². The molecule has 0 bridgehead atoms. The molecule has 0 amide bonds. The number of fused-ring (bicyclic) bond motifs is 7. The van der Waals surface area contributed by atoms with Crippen LogP contribution >= 0.6 is 11.3 Å². The van der Waals surface area contributed by atoms with Gasteiger partial charge in [-0.3, -0.25) is 4.57 Å². The van der Waals surface area contributed by atoms with Gasteiger partial charge in [0.05, 0.1) is 35.5 Å². The van der Waals surface area contributed by atoms with Gasteiger partial charge in [0.2, 0.25) is 0 Å². The van der Waals surface area contributed by atoms with Crippen molar-refractivity contribution in [3.8, 4) is 17.3 Å². The zero-order valence-corrected chi connectivity index (χ0v) is 29.7. The van der Waals surface area contributed by atoms with Crippen molar-refractivity contribution in [2.24, 2.45) is 0 Å².